The van der Waals surface area contributed by atoms with E-state index in [1.165, 1.54) is 0 Å². The summed E-state index contributed by atoms with van der Waals surface area (Å²) in [7, 11) is 0. The van der Waals surface area contributed by atoms with E-state index in [1.807, 2.05) is 0 Å². The SMILES string of the molecule is N#CCc1ncc(-c2c(F)c(F)c(F)c(F)c2F)cc1Cl. The van der Waals surface area contributed by atoms with Gasteiger partial charge in [0.15, 0.2) is 23.3 Å². The van der Waals surface area contributed by atoms with Crippen molar-refractivity contribution in [3.8, 4) is 17.2 Å². The molecule has 0 radical (unpaired) electrons. The summed E-state index contributed by atoms with van der Waals surface area (Å²) in [5.41, 5.74) is -1.37. The largest absolute Gasteiger partial charge is 0.258 e. The molecule has 0 atom stereocenters. The lowest BCUT2D eigenvalue weighted by atomic mass is 10.0. The Morgan fingerprint density at radius 1 is 1.00 bits per heavy atom. The summed E-state index contributed by atoms with van der Waals surface area (Å²) in [4.78, 5) is 3.68. The highest BCUT2D eigenvalue weighted by Gasteiger charge is 2.27. The van der Waals surface area contributed by atoms with Crippen molar-refractivity contribution in [2.75, 3.05) is 0 Å². The van der Waals surface area contributed by atoms with Crippen molar-refractivity contribution >= 4 is 11.6 Å². The van der Waals surface area contributed by atoms with E-state index >= 15 is 0 Å². The minimum atomic E-state index is -2.24. The molecule has 0 aliphatic rings. The molecule has 2 nitrogen and oxygen atoms in total. The molecule has 0 spiro atoms. The van der Waals surface area contributed by atoms with Crippen LogP contribution in [0.5, 0.6) is 0 Å². The third kappa shape index (κ3) is 2.54. The van der Waals surface area contributed by atoms with E-state index in [-0.39, 0.29) is 22.7 Å². The minimum Gasteiger partial charge on any atom is -0.258 e. The first-order valence-electron chi connectivity index (χ1n) is 5.41. The van der Waals surface area contributed by atoms with Crippen LogP contribution in [0.4, 0.5) is 22.0 Å². The van der Waals surface area contributed by atoms with Gasteiger partial charge in [0, 0.05) is 11.8 Å². The molecule has 1 aromatic carbocycles. The average molecular weight is 319 g/mol. The lowest BCUT2D eigenvalue weighted by molar-refractivity contribution is 0.381. The molecular weight excluding hydrogens is 315 g/mol. The van der Waals surface area contributed by atoms with Crippen LogP contribution < -0.4 is 0 Å². The zero-order valence-electron chi connectivity index (χ0n) is 10.0. The molecule has 0 bridgehead atoms. The summed E-state index contributed by atoms with van der Waals surface area (Å²) < 4.78 is 66.5. The first kappa shape index (κ1) is 15.2. The molecule has 0 amide bonds. The first-order chi connectivity index (χ1) is 9.88. The van der Waals surface area contributed by atoms with E-state index < -0.39 is 34.6 Å². The lowest BCUT2D eigenvalue weighted by Gasteiger charge is -2.09. The van der Waals surface area contributed by atoms with E-state index in [2.05, 4.69) is 4.98 Å². The van der Waals surface area contributed by atoms with Crippen molar-refractivity contribution in [2.45, 2.75) is 6.42 Å². The van der Waals surface area contributed by atoms with Gasteiger partial charge in [-0.15, -0.1) is 0 Å². The number of pyridine rings is 1. The molecule has 0 aliphatic heterocycles. The first-order valence-corrected chi connectivity index (χ1v) is 5.79. The molecule has 0 aliphatic carbocycles. The number of rotatable bonds is 2. The van der Waals surface area contributed by atoms with Gasteiger partial charge in [0.05, 0.1) is 28.8 Å². The van der Waals surface area contributed by atoms with E-state index in [9.17, 15) is 22.0 Å². The summed E-state index contributed by atoms with van der Waals surface area (Å²) >= 11 is 5.75. The van der Waals surface area contributed by atoms with Gasteiger partial charge in [-0.3, -0.25) is 4.98 Å². The van der Waals surface area contributed by atoms with E-state index in [0.29, 0.717) is 0 Å². The summed E-state index contributed by atoms with van der Waals surface area (Å²) in [6.45, 7) is 0. The summed E-state index contributed by atoms with van der Waals surface area (Å²) in [6.07, 6.45) is 0.729. The second kappa shape index (κ2) is 5.66. The van der Waals surface area contributed by atoms with Crippen LogP contribution in [0.25, 0.3) is 11.1 Å². The van der Waals surface area contributed by atoms with Gasteiger partial charge in [-0.05, 0) is 6.07 Å². The van der Waals surface area contributed by atoms with E-state index in [4.69, 9.17) is 16.9 Å². The Bertz CT molecular complexity index is 741. The van der Waals surface area contributed by atoms with Gasteiger partial charge >= 0.3 is 0 Å². The molecule has 1 aromatic heterocycles. The topological polar surface area (TPSA) is 36.7 Å². The fraction of sp³-hybridized carbons (Fsp3) is 0.0769. The molecule has 108 valence electrons. The second-order valence-electron chi connectivity index (χ2n) is 3.93. The van der Waals surface area contributed by atoms with Gasteiger partial charge < -0.3 is 0 Å². The molecule has 0 unspecified atom stereocenters. The van der Waals surface area contributed by atoms with Gasteiger partial charge in [0.25, 0.3) is 0 Å². The molecule has 0 fully saturated rings. The maximum atomic E-state index is 13.6. The third-order valence-corrected chi connectivity index (χ3v) is 2.99. The highest BCUT2D eigenvalue weighted by Crippen LogP contribution is 2.32. The van der Waals surface area contributed by atoms with Crippen molar-refractivity contribution in [2.24, 2.45) is 0 Å². The Morgan fingerprint density at radius 3 is 2.00 bits per heavy atom. The predicted octanol–water partition coefficient (Wildman–Crippen LogP) is 4.16. The second-order valence-corrected chi connectivity index (χ2v) is 4.34. The van der Waals surface area contributed by atoms with Crippen LogP contribution >= 0.6 is 11.6 Å². The van der Waals surface area contributed by atoms with E-state index in [0.717, 1.165) is 12.3 Å². The summed E-state index contributed by atoms with van der Waals surface area (Å²) in [6, 6.07) is 2.75. The monoisotopic (exact) mass is 318 g/mol. The van der Waals surface area contributed by atoms with E-state index in [1.54, 1.807) is 6.07 Å². The standard InChI is InChI=1S/C13H4ClF5N2/c14-6-3-5(4-21-7(6)1-2-20)8-9(15)11(17)13(19)12(18)10(8)16/h3-4H,1H2. The molecule has 21 heavy (non-hydrogen) atoms. The number of benzene rings is 1. The number of nitriles is 1. The Morgan fingerprint density at radius 2 is 1.52 bits per heavy atom. The Hall–Kier alpha value is -2.20. The molecular formula is C13H4ClF5N2. The van der Waals surface area contributed by atoms with Gasteiger partial charge in [-0.1, -0.05) is 11.6 Å². The van der Waals surface area contributed by atoms with Gasteiger partial charge in [-0.2, -0.15) is 5.26 Å². The van der Waals surface area contributed by atoms with Gasteiger partial charge in [0.1, 0.15) is 0 Å². The predicted molar refractivity (Wildman–Crippen MR) is 63.8 cm³/mol. The van der Waals surface area contributed by atoms with Crippen LogP contribution in [-0.2, 0) is 6.42 Å². The summed E-state index contributed by atoms with van der Waals surface area (Å²) in [5.74, 6) is -10.3. The van der Waals surface area contributed by atoms with Crippen LogP contribution in [0, 0.1) is 40.4 Å². The Balaban J connectivity index is 2.69. The molecule has 0 saturated heterocycles. The quantitative estimate of drug-likeness (QED) is 0.473. The van der Waals surface area contributed by atoms with Gasteiger partial charge in [0.2, 0.25) is 5.82 Å². The highest BCUT2D eigenvalue weighted by atomic mass is 35.5. The maximum absolute atomic E-state index is 13.6. The highest BCUT2D eigenvalue weighted by molar-refractivity contribution is 6.31. The van der Waals surface area contributed by atoms with Crippen molar-refractivity contribution in [3.05, 3.63) is 52.1 Å². The molecule has 8 heteroatoms. The van der Waals surface area contributed by atoms with Crippen LogP contribution in [-0.4, -0.2) is 4.98 Å². The molecule has 0 saturated carbocycles. The van der Waals surface area contributed by atoms with Crippen LogP contribution in [0.1, 0.15) is 5.69 Å². The normalized spacial score (nSPS) is 10.5. The van der Waals surface area contributed by atoms with Crippen molar-refractivity contribution < 1.29 is 22.0 Å². The summed E-state index contributed by atoms with van der Waals surface area (Å²) in [5, 5.41) is 8.40. The molecule has 1 heterocycles. The van der Waals surface area contributed by atoms with Crippen LogP contribution in [0.3, 0.4) is 0 Å². The number of hydrogen-bond acceptors (Lipinski definition) is 2. The van der Waals surface area contributed by atoms with Crippen LogP contribution in [0.15, 0.2) is 12.3 Å². The van der Waals surface area contributed by atoms with Gasteiger partial charge in [-0.25, -0.2) is 22.0 Å². The number of hydrogen-bond donors (Lipinski definition) is 0. The Labute approximate surface area is 120 Å². The van der Waals surface area contributed by atoms with Crippen molar-refractivity contribution in [1.29, 1.82) is 5.26 Å². The zero-order valence-corrected chi connectivity index (χ0v) is 10.8. The lowest BCUT2D eigenvalue weighted by Crippen LogP contribution is -2.04. The number of nitrogens with zero attached hydrogens (tertiary/aromatic N) is 2. The zero-order chi connectivity index (χ0) is 15.7. The van der Waals surface area contributed by atoms with Crippen molar-refractivity contribution in [1.82, 2.24) is 4.98 Å². The maximum Gasteiger partial charge on any atom is 0.200 e. The fourth-order valence-corrected chi connectivity index (χ4v) is 1.90. The molecule has 0 N–H and O–H groups in total. The third-order valence-electron chi connectivity index (χ3n) is 2.66. The molecule has 2 rings (SSSR count). The van der Waals surface area contributed by atoms with Crippen LogP contribution in [0.2, 0.25) is 5.02 Å². The minimum absolute atomic E-state index is 0.113. The Kier molecular flexibility index (Phi) is 4.09. The fourth-order valence-electron chi connectivity index (χ4n) is 1.67. The molecule has 2 aromatic rings. The smallest absolute Gasteiger partial charge is 0.200 e. The number of aromatic nitrogens is 1. The average Bonchev–Trinajstić information content (AvgIpc) is 2.46. The van der Waals surface area contributed by atoms with Crippen molar-refractivity contribution in [3.63, 3.8) is 0 Å². The number of halogens is 6.